The SMILES string of the molecule is CC.O=C1N=C(OCCc2ccc(Oc3ccc(Cl)c(C(F)(F)F)c3)cc2)C=CCN1CCc1cccnc1. The largest absolute Gasteiger partial charge is 0.477 e. The Labute approximate surface area is 230 Å². The number of amides is 2. The molecule has 1 aliphatic heterocycles. The first kappa shape index (κ1) is 29.7. The van der Waals surface area contributed by atoms with Crippen molar-refractivity contribution in [3.05, 3.63) is 101 Å². The average molecular weight is 560 g/mol. The van der Waals surface area contributed by atoms with Gasteiger partial charge in [-0.25, -0.2) is 4.79 Å². The Bertz CT molecular complexity index is 1280. The van der Waals surface area contributed by atoms with Crippen LogP contribution in [0.1, 0.15) is 30.5 Å². The fourth-order valence-electron chi connectivity index (χ4n) is 3.56. The lowest BCUT2D eigenvalue weighted by molar-refractivity contribution is -0.137. The monoisotopic (exact) mass is 559 g/mol. The molecule has 3 aromatic rings. The van der Waals surface area contributed by atoms with Gasteiger partial charge in [-0.2, -0.15) is 18.2 Å². The van der Waals surface area contributed by atoms with Gasteiger partial charge in [0.1, 0.15) is 11.5 Å². The Hall–Kier alpha value is -3.85. The molecule has 0 N–H and O–H groups in total. The number of ether oxygens (including phenoxy) is 2. The Morgan fingerprint density at radius 3 is 2.44 bits per heavy atom. The normalized spacial score (nSPS) is 13.2. The molecule has 0 radical (unpaired) electrons. The third kappa shape index (κ3) is 9.14. The molecule has 0 aliphatic carbocycles. The van der Waals surface area contributed by atoms with Crippen molar-refractivity contribution in [1.29, 1.82) is 0 Å². The highest BCUT2D eigenvalue weighted by Crippen LogP contribution is 2.37. The summed E-state index contributed by atoms with van der Waals surface area (Å²) in [5, 5.41) is -0.387. The lowest BCUT2D eigenvalue weighted by Gasteiger charge is -2.17. The molecule has 0 unspecified atom stereocenters. The lowest BCUT2D eigenvalue weighted by Crippen LogP contribution is -2.30. The van der Waals surface area contributed by atoms with Gasteiger partial charge in [0, 0.05) is 31.9 Å². The molecular formula is C29H29ClF3N3O3. The smallest absolute Gasteiger partial charge is 0.417 e. The fraction of sp³-hybridized carbons (Fsp3) is 0.276. The maximum Gasteiger partial charge on any atom is 0.417 e. The zero-order chi connectivity index (χ0) is 28.3. The van der Waals surface area contributed by atoms with Crippen molar-refractivity contribution in [3.63, 3.8) is 0 Å². The quantitative estimate of drug-likeness (QED) is 0.283. The third-order valence-corrected chi connectivity index (χ3v) is 5.83. The van der Waals surface area contributed by atoms with Crippen molar-refractivity contribution >= 4 is 23.5 Å². The maximum atomic E-state index is 13.0. The molecule has 0 spiro atoms. The summed E-state index contributed by atoms with van der Waals surface area (Å²) >= 11 is 5.65. The summed E-state index contributed by atoms with van der Waals surface area (Å²) < 4.78 is 50.4. The zero-order valence-electron chi connectivity index (χ0n) is 21.6. The van der Waals surface area contributed by atoms with E-state index < -0.39 is 11.7 Å². The highest BCUT2D eigenvalue weighted by molar-refractivity contribution is 6.31. The van der Waals surface area contributed by atoms with Crippen LogP contribution in [0.3, 0.4) is 0 Å². The van der Waals surface area contributed by atoms with Gasteiger partial charge in [-0.3, -0.25) is 4.98 Å². The van der Waals surface area contributed by atoms with Crippen molar-refractivity contribution in [2.75, 3.05) is 19.7 Å². The van der Waals surface area contributed by atoms with Crippen molar-refractivity contribution in [1.82, 2.24) is 9.88 Å². The number of aromatic nitrogens is 1. The predicted molar refractivity (Wildman–Crippen MR) is 145 cm³/mol. The van der Waals surface area contributed by atoms with Gasteiger partial charge in [0.2, 0.25) is 5.90 Å². The van der Waals surface area contributed by atoms with Crippen LogP contribution >= 0.6 is 11.6 Å². The summed E-state index contributed by atoms with van der Waals surface area (Å²) in [5.41, 5.74) is 1.01. The van der Waals surface area contributed by atoms with E-state index in [0.717, 1.165) is 23.3 Å². The van der Waals surface area contributed by atoms with Crippen LogP contribution in [0.25, 0.3) is 0 Å². The number of carbonyl (C=O) groups is 1. The zero-order valence-corrected chi connectivity index (χ0v) is 22.4. The Balaban J connectivity index is 0.00000205. The summed E-state index contributed by atoms with van der Waals surface area (Å²) in [5.74, 6) is 0.662. The first-order chi connectivity index (χ1) is 18.8. The van der Waals surface area contributed by atoms with E-state index in [-0.39, 0.29) is 22.7 Å². The van der Waals surface area contributed by atoms with Crippen LogP contribution in [0.2, 0.25) is 5.02 Å². The Morgan fingerprint density at radius 1 is 1.00 bits per heavy atom. The predicted octanol–water partition coefficient (Wildman–Crippen LogP) is 7.76. The third-order valence-electron chi connectivity index (χ3n) is 5.50. The molecule has 0 fully saturated rings. The maximum absolute atomic E-state index is 13.0. The van der Waals surface area contributed by atoms with Crippen molar-refractivity contribution in [2.45, 2.75) is 32.9 Å². The van der Waals surface area contributed by atoms with E-state index in [1.165, 1.54) is 6.07 Å². The molecule has 1 aromatic heterocycles. The molecule has 6 nitrogen and oxygen atoms in total. The number of halogens is 4. The van der Waals surface area contributed by atoms with Crippen LogP contribution in [0.5, 0.6) is 11.5 Å². The summed E-state index contributed by atoms with van der Waals surface area (Å²) in [4.78, 5) is 22.3. The summed E-state index contributed by atoms with van der Waals surface area (Å²) in [6.45, 7) is 5.25. The lowest BCUT2D eigenvalue weighted by atomic mass is 10.1. The number of nitrogens with zero attached hydrogens (tertiary/aromatic N) is 3. The van der Waals surface area contributed by atoms with Crippen molar-refractivity contribution < 1.29 is 27.4 Å². The van der Waals surface area contributed by atoms with Gasteiger partial charge in [0.05, 0.1) is 17.2 Å². The molecule has 206 valence electrons. The number of carbonyl (C=O) groups excluding carboxylic acids is 1. The number of urea groups is 1. The standard InChI is InChI=1S/C27H23ClF3N3O3.C2H6/c28-24-10-9-22(17-23(24)27(29,30)31)37-21-7-5-19(6-8-21)12-16-36-25-4-2-14-34(26(35)33-25)15-11-20-3-1-13-32-18-20;1-2/h1-10,13,17-18H,11-12,14-16H2;1-2H3. The number of pyridine rings is 1. The van der Waals surface area contributed by atoms with Gasteiger partial charge in [0.15, 0.2) is 0 Å². The molecule has 1 aliphatic rings. The van der Waals surface area contributed by atoms with Crippen LogP contribution in [0, 0.1) is 0 Å². The second-order valence-corrected chi connectivity index (χ2v) is 8.58. The van der Waals surface area contributed by atoms with Gasteiger partial charge < -0.3 is 14.4 Å². The minimum absolute atomic E-state index is 0.0325. The number of rotatable bonds is 8. The second kappa shape index (κ2) is 14.3. The molecule has 2 heterocycles. The van der Waals surface area contributed by atoms with Gasteiger partial charge in [0.25, 0.3) is 0 Å². The van der Waals surface area contributed by atoms with Gasteiger partial charge >= 0.3 is 12.2 Å². The van der Waals surface area contributed by atoms with Crippen LogP contribution in [-0.2, 0) is 23.8 Å². The molecule has 2 aromatic carbocycles. The van der Waals surface area contributed by atoms with E-state index in [9.17, 15) is 18.0 Å². The highest BCUT2D eigenvalue weighted by atomic mass is 35.5. The summed E-state index contributed by atoms with van der Waals surface area (Å²) in [7, 11) is 0. The Morgan fingerprint density at radius 2 is 1.74 bits per heavy atom. The summed E-state index contributed by atoms with van der Waals surface area (Å²) in [6.07, 6.45) is 3.64. The molecule has 0 saturated carbocycles. The highest BCUT2D eigenvalue weighted by Gasteiger charge is 2.33. The number of alkyl halides is 3. The van der Waals surface area contributed by atoms with E-state index >= 15 is 0 Å². The van der Waals surface area contributed by atoms with Crippen LogP contribution in [-0.4, -0.2) is 41.5 Å². The van der Waals surface area contributed by atoms with Gasteiger partial charge in [-0.15, -0.1) is 0 Å². The van der Waals surface area contributed by atoms with Crippen LogP contribution in [0.4, 0.5) is 18.0 Å². The first-order valence-electron chi connectivity index (χ1n) is 12.5. The van der Waals surface area contributed by atoms with Crippen LogP contribution < -0.4 is 4.74 Å². The number of hydrogen-bond acceptors (Lipinski definition) is 4. The fourth-order valence-corrected chi connectivity index (χ4v) is 3.78. The molecule has 2 amide bonds. The molecular weight excluding hydrogens is 531 g/mol. The van der Waals surface area contributed by atoms with E-state index in [4.69, 9.17) is 21.1 Å². The molecule has 0 saturated heterocycles. The topological polar surface area (TPSA) is 64.0 Å². The van der Waals surface area contributed by atoms with E-state index in [0.29, 0.717) is 38.3 Å². The molecule has 10 heteroatoms. The van der Waals surface area contributed by atoms with E-state index in [1.807, 2.05) is 32.1 Å². The van der Waals surface area contributed by atoms with Crippen LogP contribution in [0.15, 0.2) is 84.1 Å². The molecule has 0 bridgehead atoms. The van der Waals surface area contributed by atoms with E-state index in [1.54, 1.807) is 47.6 Å². The van der Waals surface area contributed by atoms with Gasteiger partial charge in [-0.05, 0) is 60.0 Å². The summed E-state index contributed by atoms with van der Waals surface area (Å²) in [6, 6.07) is 13.7. The van der Waals surface area contributed by atoms with Gasteiger partial charge in [-0.1, -0.05) is 49.7 Å². The first-order valence-corrected chi connectivity index (χ1v) is 12.8. The number of benzene rings is 2. The second-order valence-electron chi connectivity index (χ2n) is 8.18. The molecule has 4 rings (SSSR count). The minimum Gasteiger partial charge on any atom is -0.477 e. The minimum atomic E-state index is -4.57. The number of hydrogen-bond donors (Lipinski definition) is 0. The van der Waals surface area contributed by atoms with E-state index in [2.05, 4.69) is 9.98 Å². The average Bonchev–Trinajstić information content (AvgIpc) is 3.11. The molecule has 0 atom stereocenters. The van der Waals surface area contributed by atoms with Crippen molar-refractivity contribution in [2.24, 2.45) is 4.99 Å². The number of aliphatic imine (C=N–C) groups is 1. The Kier molecular flexibility index (Phi) is 10.9. The molecule has 39 heavy (non-hydrogen) atoms. The van der Waals surface area contributed by atoms with Crippen molar-refractivity contribution in [3.8, 4) is 11.5 Å².